The quantitative estimate of drug-likeness (QED) is 0.274. The van der Waals surface area contributed by atoms with Gasteiger partial charge in [0.1, 0.15) is 19.3 Å². The Kier molecular flexibility index (Phi) is 11.5. The van der Waals surface area contributed by atoms with Gasteiger partial charge in [-0.15, -0.1) is 0 Å². The van der Waals surface area contributed by atoms with Gasteiger partial charge in [0.05, 0.1) is 13.2 Å². The minimum absolute atomic E-state index is 0.0543. The molecule has 2 unspecified atom stereocenters. The molecule has 7 atom stereocenters. The van der Waals surface area contributed by atoms with E-state index < -0.39 is 79.2 Å². The Hall–Kier alpha value is -5.05. The van der Waals surface area contributed by atoms with Crippen LogP contribution in [0.5, 0.6) is 23.0 Å². The van der Waals surface area contributed by atoms with Crippen LogP contribution in [0.1, 0.15) is 45.0 Å². The number of rotatable bonds is 11. The average Bonchev–Trinajstić information content (AvgIpc) is 3.02. The first-order valence-electron chi connectivity index (χ1n) is 14.7. The van der Waals surface area contributed by atoms with Crippen molar-refractivity contribution < 1.29 is 66.6 Å². The Bertz CT molecular complexity index is 1480. The van der Waals surface area contributed by atoms with Crippen molar-refractivity contribution >= 4 is 29.8 Å². The molecule has 15 nitrogen and oxygen atoms in total. The fourth-order valence-electron chi connectivity index (χ4n) is 4.98. The Morgan fingerprint density at radius 2 is 1.47 bits per heavy atom. The zero-order valence-electron chi connectivity index (χ0n) is 26.7. The van der Waals surface area contributed by atoms with Crippen molar-refractivity contribution in [2.24, 2.45) is 0 Å². The second-order valence-corrected chi connectivity index (χ2v) is 10.7. The van der Waals surface area contributed by atoms with E-state index in [9.17, 15) is 24.0 Å². The highest BCUT2D eigenvalue weighted by molar-refractivity contribution is 5.95. The second kappa shape index (κ2) is 15.5. The minimum atomic E-state index is -1.49. The van der Waals surface area contributed by atoms with Crippen molar-refractivity contribution in [1.82, 2.24) is 5.32 Å². The first kappa shape index (κ1) is 34.8. The second-order valence-electron chi connectivity index (χ2n) is 10.7. The molecule has 0 aliphatic carbocycles. The van der Waals surface area contributed by atoms with Crippen molar-refractivity contribution in [3.63, 3.8) is 0 Å². The molecule has 0 bridgehead atoms. The van der Waals surface area contributed by atoms with Crippen molar-refractivity contribution in [2.75, 3.05) is 20.3 Å². The van der Waals surface area contributed by atoms with E-state index in [0.717, 1.165) is 20.8 Å². The fraction of sp³-hybridized carbons (Fsp3) is 0.469. The van der Waals surface area contributed by atoms with Crippen LogP contribution in [-0.2, 0) is 42.9 Å². The summed E-state index contributed by atoms with van der Waals surface area (Å²) in [6.45, 7) is 6.13. The fourth-order valence-corrected chi connectivity index (χ4v) is 4.98. The molecule has 2 aliphatic heterocycles. The van der Waals surface area contributed by atoms with E-state index in [-0.39, 0.29) is 23.7 Å². The molecule has 0 radical (unpaired) electrons. The van der Waals surface area contributed by atoms with Crippen LogP contribution in [0.3, 0.4) is 0 Å². The van der Waals surface area contributed by atoms with Crippen molar-refractivity contribution in [1.29, 1.82) is 0 Å². The molecule has 47 heavy (non-hydrogen) atoms. The highest BCUT2D eigenvalue weighted by Gasteiger charge is 2.53. The number of para-hydroxylation sites is 2. The summed E-state index contributed by atoms with van der Waals surface area (Å²) in [6, 6.07) is 11.1. The Labute approximate surface area is 270 Å². The predicted molar refractivity (Wildman–Crippen MR) is 159 cm³/mol. The smallest absolute Gasteiger partial charge is 0.303 e. The maximum absolute atomic E-state index is 13.2. The van der Waals surface area contributed by atoms with Crippen LogP contribution in [0.2, 0.25) is 0 Å². The molecular weight excluding hydrogens is 622 g/mol. The number of carbonyl (C=O) groups is 5. The summed E-state index contributed by atoms with van der Waals surface area (Å²) < 4.78 is 50.7. The normalized spacial score (nSPS) is 23.7. The highest BCUT2D eigenvalue weighted by atomic mass is 16.7. The lowest BCUT2D eigenvalue weighted by Crippen LogP contribution is -2.63. The van der Waals surface area contributed by atoms with Crippen LogP contribution < -0.4 is 24.3 Å². The van der Waals surface area contributed by atoms with Crippen LogP contribution in [0, 0.1) is 0 Å². The summed E-state index contributed by atoms with van der Waals surface area (Å²) in [6.07, 6.45) is -7.36. The SMILES string of the molecule is COc1cc(C(=O)NC(C)C2COc3ccccc3O2)ccc1O[C@@H]1O[C@@H](COC(C)=O)[C@H](OC(C)=O)[C@@H](OC(C)=O)[C@@H]1OC(C)=O. The van der Waals surface area contributed by atoms with Gasteiger partial charge in [0.15, 0.2) is 41.3 Å². The summed E-state index contributed by atoms with van der Waals surface area (Å²) in [5.74, 6) is -2.06. The molecule has 2 aromatic carbocycles. The number of methoxy groups -OCH3 is 1. The number of benzene rings is 2. The molecule has 2 aliphatic rings. The third-order valence-corrected chi connectivity index (χ3v) is 7.06. The van der Waals surface area contributed by atoms with Crippen molar-refractivity contribution in [3.05, 3.63) is 48.0 Å². The molecule has 0 saturated carbocycles. The lowest BCUT2D eigenvalue weighted by atomic mass is 9.98. The molecule has 2 aromatic rings. The van der Waals surface area contributed by atoms with Crippen LogP contribution in [0.4, 0.5) is 0 Å². The number of hydrogen-bond acceptors (Lipinski definition) is 14. The van der Waals surface area contributed by atoms with Crippen molar-refractivity contribution in [3.8, 4) is 23.0 Å². The van der Waals surface area contributed by atoms with E-state index in [1.165, 1.54) is 32.2 Å². The number of fused-ring (bicyclic) bond motifs is 1. The van der Waals surface area contributed by atoms with Gasteiger partial charge in [0.2, 0.25) is 12.4 Å². The van der Waals surface area contributed by atoms with Gasteiger partial charge in [-0.2, -0.15) is 0 Å². The van der Waals surface area contributed by atoms with Gasteiger partial charge in [-0.25, -0.2) is 0 Å². The average molecular weight is 660 g/mol. The zero-order valence-corrected chi connectivity index (χ0v) is 26.7. The first-order valence-corrected chi connectivity index (χ1v) is 14.7. The Balaban J connectivity index is 1.56. The summed E-state index contributed by atoms with van der Waals surface area (Å²) >= 11 is 0. The zero-order chi connectivity index (χ0) is 34.2. The van der Waals surface area contributed by atoms with E-state index in [2.05, 4.69) is 5.32 Å². The number of amides is 1. The van der Waals surface area contributed by atoms with E-state index in [0.29, 0.717) is 11.5 Å². The number of ether oxygens (including phenoxy) is 9. The van der Waals surface area contributed by atoms with Crippen LogP contribution in [-0.4, -0.2) is 93.0 Å². The lowest BCUT2D eigenvalue weighted by Gasteiger charge is -2.44. The molecule has 1 N–H and O–H groups in total. The van der Waals surface area contributed by atoms with Gasteiger partial charge in [-0.3, -0.25) is 24.0 Å². The summed E-state index contributed by atoms with van der Waals surface area (Å²) in [5, 5.41) is 2.90. The summed E-state index contributed by atoms with van der Waals surface area (Å²) in [5.41, 5.74) is 0.222. The van der Waals surface area contributed by atoms with E-state index in [1.54, 1.807) is 19.1 Å². The van der Waals surface area contributed by atoms with E-state index in [4.69, 9.17) is 42.6 Å². The predicted octanol–water partition coefficient (Wildman–Crippen LogP) is 2.12. The van der Waals surface area contributed by atoms with E-state index in [1.807, 2.05) is 12.1 Å². The minimum Gasteiger partial charge on any atom is -0.493 e. The number of carbonyl (C=O) groups excluding carboxylic acids is 5. The summed E-state index contributed by atoms with van der Waals surface area (Å²) in [4.78, 5) is 61.0. The van der Waals surface area contributed by atoms with Gasteiger partial charge in [0, 0.05) is 33.3 Å². The van der Waals surface area contributed by atoms with Gasteiger partial charge in [-0.1, -0.05) is 12.1 Å². The third-order valence-electron chi connectivity index (χ3n) is 7.06. The standard InChI is InChI=1S/C32H37NO14/c1-16(26-14-41-22-9-7-8-10-23(22)45-26)33-31(38)21-11-12-24(25(13-21)39-6)46-32-30(44-20(5)37)29(43-19(4)36)28(42-18(3)35)27(47-32)15-40-17(2)34/h7-13,16,26-30,32H,14-15H2,1-6H3,(H,33,38)/t16?,26?,27-,28-,29+,30-,32+/m0/s1. The topological polar surface area (TPSA) is 180 Å². The molecule has 2 heterocycles. The van der Waals surface area contributed by atoms with Crippen LogP contribution in [0.25, 0.3) is 0 Å². The highest BCUT2D eigenvalue weighted by Crippen LogP contribution is 2.35. The molecule has 15 heteroatoms. The maximum Gasteiger partial charge on any atom is 0.303 e. The van der Waals surface area contributed by atoms with Gasteiger partial charge >= 0.3 is 23.9 Å². The molecular formula is C32H37NO14. The maximum atomic E-state index is 13.2. The number of nitrogens with one attached hydrogen (secondary N) is 1. The largest absolute Gasteiger partial charge is 0.493 e. The molecule has 254 valence electrons. The molecule has 1 saturated heterocycles. The van der Waals surface area contributed by atoms with Gasteiger partial charge in [-0.05, 0) is 37.3 Å². The lowest BCUT2D eigenvalue weighted by molar-refractivity contribution is -0.288. The molecule has 1 amide bonds. The first-order chi connectivity index (χ1) is 22.4. The Morgan fingerprint density at radius 1 is 0.830 bits per heavy atom. The third kappa shape index (κ3) is 9.03. The summed E-state index contributed by atoms with van der Waals surface area (Å²) in [7, 11) is 1.35. The number of esters is 4. The van der Waals surface area contributed by atoms with E-state index >= 15 is 0 Å². The van der Waals surface area contributed by atoms with Crippen molar-refractivity contribution in [2.45, 2.75) is 77.5 Å². The van der Waals surface area contributed by atoms with Gasteiger partial charge in [0.25, 0.3) is 5.91 Å². The van der Waals surface area contributed by atoms with Gasteiger partial charge < -0.3 is 47.9 Å². The monoisotopic (exact) mass is 659 g/mol. The van der Waals surface area contributed by atoms with Crippen LogP contribution in [0.15, 0.2) is 42.5 Å². The Morgan fingerprint density at radius 3 is 2.11 bits per heavy atom. The number of hydrogen-bond donors (Lipinski definition) is 1. The molecule has 4 rings (SSSR count). The molecule has 0 aromatic heterocycles. The molecule has 1 fully saturated rings. The molecule has 0 spiro atoms. The van der Waals surface area contributed by atoms with Crippen LogP contribution >= 0.6 is 0 Å².